The van der Waals surface area contributed by atoms with Crippen LogP contribution >= 0.6 is 35.0 Å². The van der Waals surface area contributed by atoms with E-state index in [9.17, 15) is 9.90 Å². The Morgan fingerprint density at radius 3 is 2.52 bits per heavy atom. The smallest absolute Gasteiger partial charge is 0.210 e. The van der Waals surface area contributed by atoms with Crippen molar-refractivity contribution >= 4 is 40.9 Å². The first-order chi connectivity index (χ1) is 12.0. The lowest BCUT2D eigenvalue weighted by Gasteiger charge is -2.06. The van der Waals surface area contributed by atoms with Crippen LogP contribution in [0.4, 0.5) is 0 Å². The molecule has 25 heavy (non-hydrogen) atoms. The first-order valence-electron chi connectivity index (χ1n) is 7.04. The molecule has 3 aromatic rings. The SMILES string of the molecule is Nn1c(SCc2ccc(C(=O)[O-])cc2)nnc1-c1ccc(Cl)cc1Cl. The predicted molar refractivity (Wildman–Crippen MR) is 96.0 cm³/mol. The van der Waals surface area contributed by atoms with E-state index >= 15 is 0 Å². The molecule has 1 aromatic heterocycles. The van der Waals surface area contributed by atoms with Crippen LogP contribution in [-0.4, -0.2) is 20.8 Å². The summed E-state index contributed by atoms with van der Waals surface area (Å²) < 4.78 is 1.36. The summed E-state index contributed by atoms with van der Waals surface area (Å²) in [4.78, 5) is 10.7. The fourth-order valence-corrected chi connectivity index (χ4v) is 3.42. The van der Waals surface area contributed by atoms with E-state index in [0.29, 0.717) is 32.3 Å². The van der Waals surface area contributed by atoms with Gasteiger partial charge in [-0.2, -0.15) is 0 Å². The van der Waals surface area contributed by atoms with Crippen molar-refractivity contribution in [3.63, 3.8) is 0 Å². The van der Waals surface area contributed by atoms with Crippen molar-refractivity contribution in [1.82, 2.24) is 14.9 Å². The molecule has 3 rings (SSSR count). The minimum atomic E-state index is -1.20. The van der Waals surface area contributed by atoms with Gasteiger partial charge in [0.25, 0.3) is 0 Å². The molecule has 0 aliphatic rings. The van der Waals surface area contributed by atoms with Gasteiger partial charge < -0.3 is 15.7 Å². The Bertz CT molecular complexity index is 928. The molecule has 0 saturated heterocycles. The van der Waals surface area contributed by atoms with Crippen LogP contribution in [0, 0.1) is 0 Å². The Kier molecular flexibility index (Phi) is 5.17. The molecular weight excluding hydrogens is 383 g/mol. The number of carboxylic acid groups (broad SMARTS) is 1. The molecule has 1 heterocycles. The molecular formula is C16H11Cl2N4O2S-. The molecule has 0 atom stereocenters. The summed E-state index contributed by atoms with van der Waals surface area (Å²) in [5.41, 5.74) is 1.69. The summed E-state index contributed by atoms with van der Waals surface area (Å²) in [6.07, 6.45) is 0. The third-order valence-corrected chi connectivity index (χ3v) is 4.96. The van der Waals surface area contributed by atoms with Crippen molar-refractivity contribution in [1.29, 1.82) is 0 Å². The number of carboxylic acids is 1. The molecule has 0 aliphatic carbocycles. The highest BCUT2D eigenvalue weighted by Gasteiger charge is 2.15. The van der Waals surface area contributed by atoms with E-state index in [-0.39, 0.29) is 5.56 Å². The van der Waals surface area contributed by atoms with Crippen LogP contribution in [0.5, 0.6) is 0 Å². The molecule has 0 bridgehead atoms. The highest BCUT2D eigenvalue weighted by molar-refractivity contribution is 7.98. The molecule has 6 nitrogen and oxygen atoms in total. The molecule has 0 spiro atoms. The van der Waals surface area contributed by atoms with Crippen molar-refractivity contribution in [2.24, 2.45) is 0 Å². The van der Waals surface area contributed by atoms with Crippen molar-refractivity contribution < 1.29 is 9.90 Å². The van der Waals surface area contributed by atoms with E-state index in [1.807, 2.05) is 0 Å². The summed E-state index contributed by atoms with van der Waals surface area (Å²) in [7, 11) is 0. The quantitative estimate of drug-likeness (QED) is 0.528. The second-order valence-corrected chi connectivity index (χ2v) is 6.86. The fraction of sp³-hybridized carbons (Fsp3) is 0.0625. The number of halogens is 2. The number of nitrogens with two attached hydrogens (primary N) is 1. The molecule has 0 unspecified atom stereocenters. The second-order valence-electron chi connectivity index (χ2n) is 5.07. The molecule has 0 saturated carbocycles. The zero-order chi connectivity index (χ0) is 18.0. The Morgan fingerprint density at radius 2 is 1.88 bits per heavy atom. The van der Waals surface area contributed by atoms with Gasteiger partial charge in [-0.05, 0) is 29.3 Å². The van der Waals surface area contributed by atoms with Gasteiger partial charge in [0.1, 0.15) is 0 Å². The summed E-state index contributed by atoms with van der Waals surface area (Å²) in [6.45, 7) is 0. The average molecular weight is 394 g/mol. The number of carbonyl (C=O) groups excluding carboxylic acids is 1. The van der Waals surface area contributed by atoms with Crippen LogP contribution in [0.15, 0.2) is 47.6 Å². The van der Waals surface area contributed by atoms with Crippen LogP contribution in [0.2, 0.25) is 10.0 Å². The van der Waals surface area contributed by atoms with Gasteiger partial charge in [-0.1, -0.05) is 59.2 Å². The number of benzene rings is 2. The first-order valence-corrected chi connectivity index (χ1v) is 8.79. The van der Waals surface area contributed by atoms with Gasteiger partial charge >= 0.3 is 0 Å². The topological polar surface area (TPSA) is 96.9 Å². The van der Waals surface area contributed by atoms with Gasteiger partial charge in [-0.15, -0.1) is 10.2 Å². The lowest BCUT2D eigenvalue weighted by Crippen LogP contribution is -2.21. The van der Waals surface area contributed by atoms with Gasteiger partial charge in [-0.3, -0.25) is 0 Å². The maximum absolute atomic E-state index is 10.7. The van der Waals surface area contributed by atoms with E-state index < -0.39 is 5.97 Å². The molecule has 2 aromatic carbocycles. The molecule has 0 fully saturated rings. The molecule has 0 radical (unpaired) electrons. The van der Waals surface area contributed by atoms with E-state index in [0.717, 1.165) is 5.56 Å². The van der Waals surface area contributed by atoms with Crippen molar-refractivity contribution in [2.75, 3.05) is 5.84 Å². The van der Waals surface area contributed by atoms with Gasteiger partial charge in [0.05, 0.1) is 11.0 Å². The van der Waals surface area contributed by atoms with Crippen LogP contribution in [0.3, 0.4) is 0 Å². The molecule has 0 aliphatic heterocycles. The molecule has 128 valence electrons. The van der Waals surface area contributed by atoms with Crippen molar-refractivity contribution in [3.05, 3.63) is 63.6 Å². The molecule has 9 heteroatoms. The lowest BCUT2D eigenvalue weighted by atomic mass is 10.1. The minimum Gasteiger partial charge on any atom is -0.545 e. The second kappa shape index (κ2) is 7.35. The normalized spacial score (nSPS) is 10.8. The average Bonchev–Trinajstić information content (AvgIpc) is 2.94. The van der Waals surface area contributed by atoms with Gasteiger partial charge in [0, 0.05) is 16.3 Å². The summed E-state index contributed by atoms with van der Waals surface area (Å²) >= 11 is 13.4. The Hall–Kier alpha value is -2.22. The number of hydrogen-bond acceptors (Lipinski definition) is 6. The number of thioether (sulfide) groups is 1. The third-order valence-electron chi connectivity index (χ3n) is 3.39. The van der Waals surface area contributed by atoms with Crippen LogP contribution in [0.25, 0.3) is 11.4 Å². The van der Waals surface area contributed by atoms with E-state index in [2.05, 4.69) is 10.2 Å². The number of aromatic nitrogens is 3. The maximum atomic E-state index is 10.7. The number of rotatable bonds is 5. The molecule has 2 N–H and O–H groups in total. The summed E-state index contributed by atoms with van der Waals surface area (Å²) in [6, 6.07) is 11.5. The Labute approximate surface area is 157 Å². The van der Waals surface area contributed by atoms with E-state index in [1.165, 1.54) is 28.6 Å². The highest BCUT2D eigenvalue weighted by Crippen LogP contribution is 2.30. The lowest BCUT2D eigenvalue weighted by molar-refractivity contribution is -0.255. The van der Waals surface area contributed by atoms with Crippen molar-refractivity contribution in [2.45, 2.75) is 10.9 Å². The van der Waals surface area contributed by atoms with Crippen molar-refractivity contribution in [3.8, 4) is 11.4 Å². The molecule has 0 amide bonds. The van der Waals surface area contributed by atoms with E-state index in [4.69, 9.17) is 29.0 Å². The number of hydrogen-bond donors (Lipinski definition) is 1. The summed E-state index contributed by atoms with van der Waals surface area (Å²) in [5.74, 6) is 5.84. The largest absolute Gasteiger partial charge is 0.545 e. The Balaban J connectivity index is 1.76. The number of carbonyl (C=O) groups is 1. The van der Waals surface area contributed by atoms with Crippen LogP contribution < -0.4 is 10.9 Å². The highest BCUT2D eigenvalue weighted by atomic mass is 35.5. The van der Waals surface area contributed by atoms with Gasteiger partial charge in [0.2, 0.25) is 5.16 Å². The number of aromatic carboxylic acids is 1. The van der Waals surface area contributed by atoms with Gasteiger partial charge in [-0.25, -0.2) is 4.68 Å². The summed E-state index contributed by atoms with van der Waals surface area (Å²) in [5, 5.41) is 20.4. The zero-order valence-electron chi connectivity index (χ0n) is 12.6. The third kappa shape index (κ3) is 3.89. The Morgan fingerprint density at radius 1 is 1.16 bits per heavy atom. The van der Waals surface area contributed by atoms with E-state index in [1.54, 1.807) is 30.3 Å². The number of nitrogens with zero attached hydrogens (tertiary/aromatic N) is 3. The van der Waals surface area contributed by atoms with Crippen LogP contribution in [-0.2, 0) is 5.75 Å². The first kappa shape index (κ1) is 17.6. The fourth-order valence-electron chi connectivity index (χ4n) is 2.11. The minimum absolute atomic E-state index is 0.135. The maximum Gasteiger partial charge on any atom is 0.210 e. The van der Waals surface area contributed by atoms with Crippen LogP contribution in [0.1, 0.15) is 15.9 Å². The van der Waals surface area contributed by atoms with Gasteiger partial charge in [0.15, 0.2) is 5.82 Å². The number of nitrogen functional groups attached to an aromatic ring is 1. The standard InChI is InChI=1S/C16H12Cl2N4O2S/c17-11-5-6-12(13(18)7-11)14-20-21-16(22(14)19)25-8-9-1-3-10(4-2-9)15(23)24/h1-7H,8,19H2,(H,23,24)/p-1. The zero-order valence-corrected chi connectivity index (χ0v) is 15.0. The predicted octanol–water partition coefficient (Wildman–Crippen LogP) is 2.62. The monoisotopic (exact) mass is 393 g/mol.